The number of alkyl carbamates (subject to hydrolysis) is 1. The van der Waals surface area contributed by atoms with Crippen LogP contribution in [0.4, 0.5) is 4.79 Å². The molecule has 178 valence electrons. The largest absolute Gasteiger partial charge is 0.497 e. The maximum atomic E-state index is 12.5. The minimum Gasteiger partial charge on any atom is -0.497 e. The van der Waals surface area contributed by atoms with E-state index in [-0.39, 0.29) is 19.1 Å². The van der Waals surface area contributed by atoms with Crippen molar-refractivity contribution in [3.63, 3.8) is 0 Å². The standard InChI is InChI=1S/C25H28N4O4S/c1-32-22-9-7-20(8-10-22)24-27-21(18-34-24)16-28-11-13-29(14-12-28)23(30)15-26-25(31)33-17-19-5-3-2-4-6-19/h2-10,18H,11-17H2,1H3,(H,26,31). The molecule has 1 aromatic heterocycles. The fraction of sp³-hybridized carbons (Fsp3) is 0.320. The fourth-order valence-corrected chi connectivity index (χ4v) is 4.48. The Morgan fingerprint density at radius 1 is 1.03 bits per heavy atom. The van der Waals surface area contributed by atoms with Crippen LogP contribution >= 0.6 is 11.3 Å². The Morgan fingerprint density at radius 3 is 2.47 bits per heavy atom. The molecule has 0 atom stereocenters. The molecule has 0 bridgehead atoms. The normalized spacial score (nSPS) is 14.0. The highest BCUT2D eigenvalue weighted by molar-refractivity contribution is 7.13. The van der Waals surface area contributed by atoms with E-state index in [0.717, 1.165) is 47.2 Å². The van der Waals surface area contributed by atoms with E-state index in [2.05, 4.69) is 15.6 Å². The monoisotopic (exact) mass is 480 g/mol. The number of ether oxygens (including phenoxy) is 2. The molecule has 1 N–H and O–H groups in total. The molecule has 4 rings (SSSR count). The number of rotatable bonds is 8. The average molecular weight is 481 g/mol. The van der Waals surface area contributed by atoms with Gasteiger partial charge in [-0.1, -0.05) is 30.3 Å². The lowest BCUT2D eigenvalue weighted by molar-refractivity contribution is -0.132. The molecule has 0 unspecified atom stereocenters. The van der Waals surface area contributed by atoms with E-state index in [4.69, 9.17) is 14.5 Å². The number of carbonyl (C=O) groups excluding carboxylic acids is 2. The third-order valence-electron chi connectivity index (χ3n) is 5.60. The van der Waals surface area contributed by atoms with Gasteiger partial charge in [-0.15, -0.1) is 11.3 Å². The average Bonchev–Trinajstić information content (AvgIpc) is 3.35. The molecule has 0 aliphatic carbocycles. The first kappa shape index (κ1) is 23.7. The first-order valence-electron chi connectivity index (χ1n) is 11.1. The van der Waals surface area contributed by atoms with Gasteiger partial charge < -0.3 is 19.7 Å². The summed E-state index contributed by atoms with van der Waals surface area (Å²) < 4.78 is 10.4. The Morgan fingerprint density at radius 2 is 1.76 bits per heavy atom. The van der Waals surface area contributed by atoms with E-state index in [1.165, 1.54) is 0 Å². The minimum absolute atomic E-state index is 0.0646. The second-order valence-corrected chi connectivity index (χ2v) is 8.80. The first-order valence-corrected chi connectivity index (χ1v) is 12.0. The summed E-state index contributed by atoms with van der Waals surface area (Å²) in [5.41, 5.74) is 3.00. The Balaban J connectivity index is 1.17. The fourth-order valence-electron chi connectivity index (χ4n) is 3.66. The van der Waals surface area contributed by atoms with Crippen molar-refractivity contribution >= 4 is 23.3 Å². The van der Waals surface area contributed by atoms with Crippen LogP contribution in [0.2, 0.25) is 0 Å². The van der Waals surface area contributed by atoms with Crippen molar-refractivity contribution in [2.45, 2.75) is 13.2 Å². The number of thiazole rings is 1. The SMILES string of the molecule is COc1ccc(-c2nc(CN3CCN(C(=O)CNC(=O)OCc4ccccc4)CC3)cs2)cc1. The van der Waals surface area contributed by atoms with E-state index in [0.29, 0.717) is 13.1 Å². The Hall–Kier alpha value is -3.43. The number of nitrogens with zero attached hydrogens (tertiary/aromatic N) is 3. The summed E-state index contributed by atoms with van der Waals surface area (Å²) in [5, 5.41) is 5.61. The van der Waals surface area contributed by atoms with Gasteiger partial charge in [0.25, 0.3) is 0 Å². The predicted molar refractivity (Wildman–Crippen MR) is 131 cm³/mol. The van der Waals surface area contributed by atoms with Crippen molar-refractivity contribution in [3.05, 3.63) is 71.2 Å². The molecule has 34 heavy (non-hydrogen) atoms. The van der Waals surface area contributed by atoms with Crippen molar-refractivity contribution < 1.29 is 19.1 Å². The molecule has 2 aromatic carbocycles. The zero-order chi connectivity index (χ0) is 23.8. The molecule has 1 fully saturated rings. The van der Waals surface area contributed by atoms with Crippen LogP contribution in [0.3, 0.4) is 0 Å². The minimum atomic E-state index is -0.591. The Labute approximate surface area is 203 Å². The van der Waals surface area contributed by atoms with Crippen LogP contribution in [0, 0.1) is 0 Å². The Kier molecular flexibility index (Phi) is 8.11. The number of hydrogen-bond donors (Lipinski definition) is 1. The van der Waals surface area contributed by atoms with Crippen molar-refractivity contribution in [2.75, 3.05) is 39.8 Å². The molecular weight excluding hydrogens is 452 g/mol. The quantitative estimate of drug-likeness (QED) is 0.532. The van der Waals surface area contributed by atoms with Crippen molar-refractivity contribution in [3.8, 4) is 16.3 Å². The van der Waals surface area contributed by atoms with E-state index in [1.54, 1.807) is 23.3 Å². The molecule has 0 radical (unpaired) electrons. The zero-order valence-corrected chi connectivity index (χ0v) is 19.9. The van der Waals surface area contributed by atoms with Crippen LogP contribution in [-0.2, 0) is 22.7 Å². The van der Waals surface area contributed by atoms with Gasteiger partial charge in [0.2, 0.25) is 5.91 Å². The van der Waals surface area contributed by atoms with Crippen LogP contribution in [0.25, 0.3) is 10.6 Å². The van der Waals surface area contributed by atoms with E-state index < -0.39 is 6.09 Å². The number of amides is 2. The zero-order valence-electron chi connectivity index (χ0n) is 19.1. The third kappa shape index (κ3) is 6.55. The van der Waals surface area contributed by atoms with Gasteiger partial charge in [-0.3, -0.25) is 9.69 Å². The molecule has 1 aliphatic heterocycles. The maximum absolute atomic E-state index is 12.5. The summed E-state index contributed by atoms with van der Waals surface area (Å²) in [6.45, 7) is 3.63. The smallest absolute Gasteiger partial charge is 0.407 e. The van der Waals surface area contributed by atoms with E-state index in [9.17, 15) is 9.59 Å². The van der Waals surface area contributed by atoms with Gasteiger partial charge in [-0.2, -0.15) is 0 Å². The van der Waals surface area contributed by atoms with Gasteiger partial charge in [0.15, 0.2) is 0 Å². The summed E-state index contributed by atoms with van der Waals surface area (Å²) in [5.74, 6) is 0.721. The highest BCUT2D eigenvalue weighted by Crippen LogP contribution is 2.26. The molecule has 0 saturated carbocycles. The number of aromatic nitrogens is 1. The van der Waals surface area contributed by atoms with Crippen LogP contribution in [-0.4, -0.2) is 66.6 Å². The van der Waals surface area contributed by atoms with Gasteiger partial charge in [0.1, 0.15) is 23.9 Å². The molecule has 3 aromatic rings. The maximum Gasteiger partial charge on any atom is 0.407 e. The number of carbonyl (C=O) groups is 2. The van der Waals surface area contributed by atoms with Gasteiger partial charge in [0, 0.05) is 43.7 Å². The van der Waals surface area contributed by atoms with E-state index in [1.807, 2.05) is 54.6 Å². The number of benzene rings is 2. The lowest BCUT2D eigenvalue weighted by Gasteiger charge is -2.34. The Bertz CT molecular complexity index is 1080. The molecule has 1 aliphatic rings. The summed E-state index contributed by atoms with van der Waals surface area (Å²) >= 11 is 1.63. The lowest BCUT2D eigenvalue weighted by Crippen LogP contribution is -2.50. The predicted octanol–water partition coefficient (Wildman–Crippen LogP) is 3.39. The van der Waals surface area contributed by atoms with Gasteiger partial charge >= 0.3 is 6.09 Å². The molecule has 9 heteroatoms. The highest BCUT2D eigenvalue weighted by Gasteiger charge is 2.22. The third-order valence-corrected chi connectivity index (χ3v) is 6.54. The lowest BCUT2D eigenvalue weighted by atomic mass is 10.2. The first-order chi connectivity index (χ1) is 16.6. The van der Waals surface area contributed by atoms with Crippen molar-refractivity contribution in [1.29, 1.82) is 0 Å². The van der Waals surface area contributed by atoms with Crippen LogP contribution in [0.1, 0.15) is 11.3 Å². The number of hydrogen-bond acceptors (Lipinski definition) is 7. The second-order valence-electron chi connectivity index (χ2n) is 7.94. The van der Waals surface area contributed by atoms with E-state index >= 15 is 0 Å². The highest BCUT2D eigenvalue weighted by atomic mass is 32.1. The summed E-state index contributed by atoms with van der Waals surface area (Å²) in [6, 6.07) is 17.3. The van der Waals surface area contributed by atoms with Gasteiger partial charge in [0.05, 0.1) is 12.8 Å². The van der Waals surface area contributed by atoms with Gasteiger partial charge in [-0.25, -0.2) is 9.78 Å². The molecule has 2 heterocycles. The summed E-state index contributed by atoms with van der Waals surface area (Å²) in [6.07, 6.45) is -0.591. The number of methoxy groups -OCH3 is 1. The molecule has 1 saturated heterocycles. The number of piperazine rings is 1. The summed E-state index contributed by atoms with van der Waals surface area (Å²) in [7, 11) is 1.65. The van der Waals surface area contributed by atoms with Crippen LogP contribution in [0.15, 0.2) is 60.0 Å². The summed E-state index contributed by atoms with van der Waals surface area (Å²) in [4.78, 5) is 33.2. The molecule has 2 amide bonds. The number of nitrogens with one attached hydrogen (secondary N) is 1. The molecule has 0 spiro atoms. The molecule has 8 nitrogen and oxygen atoms in total. The second kappa shape index (κ2) is 11.6. The van der Waals surface area contributed by atoms with Crippen LogP contribution < -0.4 is 10.1 Å². The molecular formula is C25H28N4O4S. The van der Waals surface area contributed by atoms with Gasteiger partial charge in [-0.05, 0) is 29.8 Å². The topological polar surface area (TPSA) is 84.0 Å². The van der Waals surface area contributed by atoms with Crippen molar-refractivity contribution in [1.82, 2.24) is 20.1 Å². The van der Waals surface area contributed by atoms with Crippen LogP contribution in [0.5, 0.6) is 5.75 Å². The van der Waals surface area contributed by atoms with Crippen molar-refractivity contribution in [2.24, 2.45) is 0 Å².